The van der Waals surface area contributed by atoms with Gasteiger partial charge in [-0.2, -0.15) is 0 Å². The highest BCUT2D eigenvalue weighted by Crippen LogP contribution is 2.25. The van der Waals surface area contributed by atoms with Crippen LogP contribution in [0, 0.1) is 6.92 Å². The second-order valence-electron chi connectivity index (χ2n) is 6.19. The molecule has 1 heterocycles. The molecule has 0 unspecified atom stereocenters. The van der Waals surface area contributed by atoms with E-state index in [9.17, 15) is 0 Å². The maximum absolute atomic E-state index is 5.45. The molecule has 0 aliphatic heterocycles. The third-order valence-electron chi connectivity index (χ3n) is 4.32. The third-order valence-corrected chi connectivity index (χ3v) is 4.32. The van der Waals surface area contributed by atoms with Gasteiger partial charge in [0.25, 0.3) is 0 Å². The Labute approximate surface area is 166 Å². The maximum atomic E-state index is 5.45. The van der Waals surface area contributed by atoms with Gasteiger partial charge in [0.05, 0.1) is 27.3 Å². The molecule has 0 saturated carbocycles. The van der Waals surface area contributed by atoms with Crippen LogP contribution in [0.4, 0.5) is 0 Å². The van der Waals surface area contributed by atoms with E-state index in [1.54, 1.807) is 21.3 Å². The van der Waals surface area contributed by atoms with Gasteiger partial charge in [0.2, 0.25) is 0 Å². The van der Waals surface area contributed by atoms with E-state index in [2.05, 4.69) is 25.8 Å². The summed E-state index contributed by atoms with van der Waals surface area (Å²) in [6.45, 7) is 4.34. The molecule has 9 nitrogen and oxygen atoms in total. The molecule has 0 fully saturated rings. The maximum Gasteiger partial charge on any atom is 0.191 e. The Hall–Kier alpha value is -2.81. The number of aromatic nitrogens is 3. The first-order valence-corrected chi connectivity index (χ1v) is 9.16. The van der Waals surface area contributed by atoms with Gasteiger partial charge in [-0.05, 0) is 25.5 Å². The first-order valence-electron chi connectivity index (χ1n) is 9.16. The fourth-order valence-corrected chi connectivity index (χ4v) is 2.51. The van der Waals surface area contributed by atoms with Gasteiger partial charge in [-0.25, -0.2) is 4.99 Å². The Bertz CT molecular complexity index is 775. The molecule has 2 rings (SSSR count). The van der Waals surface area contributed by atoms with Crippen molar-refractivity contribution in [2.24, 2.45) is 12.0 Å². The molecule has 0 bridgehead atoms. The summed E-state index contributed by atoms with van der Waals surface area (Å²) < 4.78 is 17.7. The number of hydrogen-bond donors (Lipinski definition) is 2. The number of rotatable bonds is 10. The van der Waals surface area contributed by atoms with Gasteiger partial charge >= 0.3 is 0 Å². The Kier molecular flexibility index (Phi) is 8.54. The van der Waals surface area contributed by atoms with Crippen LogP contribution >= 0.6 is 0 Å². The van der Waals surface area contributed by atoms with E-state index in [-0.39, 0.29) is 0 Å². The van der Waals surface area contributed by atoms with Gasteiger partial charge in [-0.3, -0.25) is 0 Å². The topological polar surface area (TPSA) is 94.8 Å². The van der Waals surface area contributed by atoms with Crippen LogP contribution in [0.2, 0.25) is 0 Å². The van der Waals surface area contributed by atoms with Crippen LogP contribution in [-0.2, 0) is 24.9 Å². The lowest BCUT2D eigenvalue weighted by atomic mass is 10.2. The molecule has 0 aliphatic carbocycles. The minimum atomic E-state index is 0.463. The van der Waals surface area contributed by atoms with E-state index in [1.807, 2.05) is 36.7 Å². The van der Waals surface area contributed by atoms with Crippen LogP contribution in [0.1, 0.15) is 23.6 Å². The predicted molar refractivity (Wildman–Crippen MR) is 108 cm³/mol. The van der Waals surface area contributed by atoms with Crippen molar-refractivity contribution in [3.8, 4) is 11.5 Å². The van der Waals surface area contributed by atoms with Crippen LogP contribution in [-0.4, -0.2) is 55.2 Å². The first kappa shape index (κ1) is 21.5. The molecule has 154 valence electrons. The largest absolute Gasteiger partial charge is 0.497 e. The Morgan fingerprint density at radius 2 is 1.96 bits per heavy atom. The van der Waals surface area contributed by atoms with Crippen LogP contribution in [0.25, 0.3) is 0 Å². The fourth-order valence-electron chi connectivity index (χ4n) is 2.51. The molecular weight excluding hydrogens is 360 g/mol. The van der Waals surface area contributed by atoms with Gasteiger partial charge in [0, 0.05) is 38.9 Å². The minimum absolute atomic E-state index is 0.463. The third kappa shape index (κ3) is 6.12. The number of aryl methyl sites for hydroxylation is 1. The average Bonchev–Trinajstić information content (AvgIpc) is 3.04. The van der Waals surface area contributed by atoms with Crippen molar-refractivity contribution in [3.05, 3.63) is 35.4 Å². The summed E-state index contributed by atoms with van der Waals surface area (Å²) in [5.74, 6) is 3.89. The Morgan fingerprint density at radius 1 is 1.14 bits per heavy atom. The Morgan fingerprint density at radius 3 is 2.61 bits per heavy atom. The lowest BCUT2D eigenvalue weighted by molar-refractivity contribution is 0.195. The van der Waals surface area contributed by atoms with Crippen molar-refractivity contribution >= 4 is 5.96 Å². The SMILES string of the molecule is COCCCNC(=NCc1ccc(OC)cc1OC)NCc1nnc(C)n1C. The number of nitrogens with one attached hydrogen (secondary N) is 2. The lowest BCUT2D eigenvalue weighted by Gasteiger charge is -2.13. The number of benzene rings is 1. The molecule has 2 aromatic rings. The number of aliphatic imine (C=N–C) groups is 1. The summed E-state index contributed by atoms with van der Waals surface area (Å²) in [6, 6.07) is 5.71. The van der Waals surface area contributed by atoms with E-state index in [1.165, 1.54) is 0 Å². The van der Waals surface area contributed by atoms with Crippen LogP contribution in [0.5, 0.6) is 11.5 Å². The van der Waals surface area contributed by atoms with E-state index in [0.29, 0.717) is 25.7 Å². The van der Waals surface area contributed by atoms with Crippen molar-refractivity contribution in [3.63, 3.8) is 0 Å². The summed E-state index contributed by atoms with van der Waals surface area (Å²) in [7, 11) is 6.91. The number of nitrogens with zero attached hydrogens (tertiary/aromatic N) is 4. The van der Waals surface area contributed by atoms with Crippen LogP contribution in [0.3, 0.4) is 0 Å². The smallest absolute Gasteiger partial charge is 0.191 e. The molecule has 1 aromatic heterocycles. The molecule has 2 N–H and O–H groups in total. The Balaban J connectivity index is 2.07. The number of ether oxygens (including phenoxy) is 3. The molecule has 0 aliphatic rings. The fraction of sp³-hybridized carbons (Fsp3) is 0.526. The average molecular weight is 390 g/mol. The second-order valence-corrected chi connectivity index (χ2v) is 6.19. The number of hydrogen-bond acceptors (Lipinski definition) is 6. The molecule has 1 aromatic carbocycles. The highest BCUT2D eigenvalue weighted by molar-refractivity contribution is 5.79. The zero-order valence-corrected chi connectivity index (χ0v) is 17.3. The van der Waals surface area contributed by atoms with E-state index < -0.39 is 0 Å². The summed E-state index contributed by atoms with van der Waals surface area (Å²) in [6.07, 6.45) is 0.881. The molecule has 0 atom stereocenters. The zero-order valence-electron chi connectivity index (χ0n) is 17.3. The van der Waals surface area contributed by atoms with E-state index >= 15 is 0 Å². The van der Waals surface area contributed by atoms with Crippen molar-refractivity contribution in [2.75, 3.05) is 34.5 Å². The number of guanidine groups is 1. The first-order chi connectivity index (χ1) is 13.6. The monoisotopic (exact) mass is 390 g/mol. The molecule has 28 heavy (non-hydrogen) atoms. The van der Waals surface area contributed by atoms with Crippen molar-refractivity contribution in [1.29, 1.82) is 0 Å². The minimum Gasteiger partial charge on any atom is -0.497 e. The normalized spacial score (nSPS) is 11.4. The van der Waals surface area contributed by atoms with Crippen LogP contribution in [0.15, 0.2) is 23.2 Å². The van der Waals surface area contributed by atoms with Crippen LogP contribution < -0.4 is 20.1 Å². The summed E-state index contributed by atoms with van der Waals surface area (Å²) in [4.78, 5) is 4.68. The second kappa shape index (κ2) is 11.1. The number of methoxy groups -OCH3 is 3. The molecule has 0 spiro atoms. The zero-order chi connectivity index (χ0) is 20.4. The standard InChI is InChI=1S/C19H30N6O3/c1-14-23-24-18(25(14)2)13-22-19(20-9-6-10-26-3)21-12-15-7-8-16(27-4)11-17(15)28-5/h7-8,11H,6,9-10,12-13H2,1-5H3,(H2,20,21,22). The quantitative estimate of drug-likeness (QED) is 0.360. The van der Waals surface area contributed by atoms with Gasteiger partial charge in [-0.1, -0.05) is 0 Å². The van der Waals surface area contributed by atoms with Gasteiger partial charge < -0.3 is 29.4 Å². The molecule has 0 radical (unpaired) electrons. The van der Waals surface area contributed by atoms with Crippen molar-refractivity contribution in [1.82, 2.24) is 25.4 Å². The molecule has 0 saturated heterocycles. The molecule has 9 heteroatoms. The highest BCUT2D eigenvalue weighted by atomic mass is 16.5. The summed E-state index contributed by atoms with van der Waals surface area (Å²) in [5.41, 5.74) is 0.968. The van der Waals surface area contributed by atoms with Gasteiger partial charge in [0.15, 0.2) is 11.8 Å². The highest BCUT2D eigenvalue weighted by Gasteiger charge is 2.08. The van der Waals surface area contributed by atoms with E-state index in [4.69, 9.17) is 14.2 Å². The van der Waals surface area contributed by atoms with E-state index in [0.717, 1.165) is 41.7 Å². The summed E-state index contributed by atoms with van der Waals surface area (Å²) >= 11 is 0. The van der Waals surface area contributed by atoms with Gasteiger partial charge in [0.1, 0.15) is 17.3 Å². The summed E-state index contributed by atoms with van der Waals surface area (Å²) in [5, 5.41) is 14.9. The predicted octanol–water partition coefficient (Wildman–Crippen LogP) is 1.41. The molecular formula is C19H30N6O3. The van der Waals surface area contributed by atoms with Gasteiger partial charge in [-0.15, -0.1) is 10.2 Å². The van der Waals surface area contributed by atoms with Crippen molar-refractivity contribution < 1.29 is 14.2 Å². The lowest BCUT2D eigenvalue weighted by Crippen LogP contribution is -2.38. The molecule has 0 amide bonds. The van der Waals surface area contributed by atoms with Crippen molar-refractivity contribution in [2.45, 2.75) is 26.4 Å².